The van der Waals surface area contributed by atoms with Gasteiger partial charge in [-0.25, -0.2) is 0 Å². The number of nitrogens with one attached hydrogen (secondary N) is 1. The molecular formula is C18H23NO. The summed E-state index contributed by atoms with van der Waals surface area (Å²) in [5.41, 5.74) is 1.24. The van der Waals surface area contributed by atoms with Crippen molar-refractivity contribution in [3.8, 4) is 0 Å². The van der Waals surface area contributed by atoms with E-state index in [0.717, 1.165) is 6.42 Å². The first kappa shape index (κ1) is 14.7. The lowest BCUT2D eigenvalue weighted by Crippen LogP contribution is -2.42. The van der Waals surface area contributed by atoms with Crippen LogP contribution in [-0.4, -0.2) is 17.9 Å². The summed E-state index contributed by atoms with van der Waals surface area (Å²) >= 11 is 0. The minimum atomic E-state index is -0.0918. The second-order valence-electron chi connectivity index (χ2n) is 5.54. The lowest BCUT2D eigenvalue weighted by molar-refractivity contribution is -0.120. The largest absolute Gasteiger partial charge is 0.305 e. The van der Waals surface area contributed by atoms with E-state index >= 15 is 0 Å². The summed E-state index contributed by atoms with van der Waals surface area (Å²) in [6.07, 6.45) is 1.33. The molecule has 0 saturated carbocycles. The maximum Gasteiger partial charge on any atom is 0.149 e. The molecule has 0 fully saturated rings. The minimum absolute atomic E-state index is 0.0918. The van der Waals surface area contributed by atoms with Crippen molar-refractivity contribution >= 4 is 16.6 Å². The normalized spacial score (nSPS) is 12.8. The highest BCUT2D eigenvalue weighted by molar-refractivity contribution is 5.88. The van der Waals surface area contributed by atoms with Crippen LogP contribution in [0, 0.1) is 0 Å². The van der Waals surface area contributed by atoms with Crippen molar-refractivity contribution in [2.75, 3.05) is 0 Å². The molecule has 0 saturated heterocycles. The molecule has 2 rings (SSSR count). The van der Waals surface area contributed by atoms with Gasteiger partial charge in [0.1, 0.15) is 5.78 Å². The van der Waals surface area contributed by atoms with Gasteiger partial charge in [-0.2, -0.15) is 0 Å². The SMILES string of the molecule is CCC(=O)[C@@H](Cc1cccc2ccccc12)NC(C)C. The first-order valence-electron chi connectivity index (χ1n) is 7.37. The number of carbonyl (C=O) groups is 1. The summed E-state index contributed by atoms with van der Waals surface area (Å²) in [6.45, 7) is 6.10. The number of Topliss-reactive ketones (excluding diaryl/α,β-unsaturated/α-hetero) is 1. The highest BCUT2D eigenvalue weighted by Crippen LogP contribution is 2.20. The third-order valence-corrected chi connectivity index (χ3v) is 3.58. The van der Waals surface area contributed by atoms with Crippen LogP contribution in [0.15, 0.2) is 42.5 Å². The predicted octanol–water partition coefficient (Wildman–Crippen LogP) is 3.73. The topological polar surface area (TPSA) is 29.1 Å². The van der Waals surface area contributed by atoms with E-state index in [1.54, 1.807) is 0 Å². The number of fused-ring (bicyclic) bond motifs is 1. The third-order valence-electron chi connectivity index (χ3n) is 3.58. The summed E-state index contributed by atoms with van der Waals surface area (Å²) in [5.74, 6) is 0.284. The van der Waals surface area contributed by atoms with Crippen LogP contribution in [0.3, 0.4) is 0 Å². The number of carbonyl (C=O) groups excluding carboxylic acids is 1. The zero-order chi connectivity index (χ0) is 14.5. The number of hydrogen-bond acceptors (Lipinski definition) is 2. The lowest BCUT2D eigenvalue weighted by atomic mass is 9.96. The number of benzene rings is 2. The number of ketones is 1. The van der Waals surface area contributed by atoms with Crippen LogP contribution in [0.2, 0.25) is 0 Å². The molecule has 0 unspecified atom stereocenters. The summed E-state index contributed by atoms with van der Waals surface area (Å²) in [7, 11) is 0. The molecule has 2 aromatic carbocycles. The smallest absolute Gasteiger partial charge is 0.149 e. The zero-order valence-electron chi connectivity index (χ0n) is 12.5. The quantitative estimate of drug-likeness (QED) is 0.865. The Kier molecular flexibility index (Phi) is 4.91. The molecule has 20 heavy (non-hydrogen) atoms. The van der Waals surface area contributed by atoms with E-state index < -0.39 is 0 Å². The first-order chi connectivity index (χ1) is 9.61. The van der Waals surface area contributed by atoms with Crippen molar-refractivity contribution in [2.24, 2.45) is 0 Å². The predicted molar refractivity (Wildman–Crippen MR) is 85.0 cm³/mol. The first-order valence-corrected chi connectivity index (χ1v) is 7.37. The van der Waals surface area contributed by atoms with E-state index in [4.69, 9.17) is 0 Å². The molecule has 2 heteroatoms. The Hall–Kier alpha value is -1.67. The van der Waals surface area contributed by atoms with Crippen molar-refractivity contribution in [1.82, 2.24) is 5.32 Å². The third kappa shape index (κ3) is 3.45. The van der Waals surface area contributed by atoms with Gasteiger partial charge in [0.15, 0.2) is 0 Å². The van der Waals surface area contributed by atoms with Crippen LogP contribution < -0.4 is 5.32 Å². The molecule has 1 atom stereocenters. The van der Waals surface area contributed by atoms with Gasteiger partial charge >= 0.3 is 0 Å². The average Bonchev–Trinajstić information content (AvgIpc) is 2.45. The molecule has 2 aromatic rings. The summed E-state index contributed by atoms with van der Waals surface area (Å²) in [4.78, 5) is 12.1. The summed E-state index contributed by atoms with van der Waals surface area (Å²) in [6, 6.07) is 14.9. The van der Waals surface area contributed by atoms with Crippen LogP contribution >= 0.6 is 0 Å². The fraction of sp³-hybridized carbons (Fsp3) is 0.389. The molecule has 0 aromatic heterocycles. The van der Waals surface area contributed by atoms with E-state index in [2.05, 4.69) is 55.6 Å². The number of rotatable bonds is 6. The standard InChI is InChI=1S/C18H23NO/c1-4-18(20)17(19-13(2)3)12-15-10-7-9-14-8-5-6-11-16(14)15/h5-11,13,17,19H,4,12H2,1-3H3/t17-/m1/s1. The van der Waals surface area contributed by atoms with Gasteiger partial charge in [0.2, 0.25) is 0 Å². The molecule has 1 N–H and O–H groups in total. The maximum absolute atomic E-state index is 12.1. The van der Waals surface area contributed by atoms with E-state index in [-0.39, 0.29) is 11.8 Å². The molecule has 2 nitrogen and oxygen atoms in total. The van der Waals surface area contributed by atoms with E-state index in [1.807, 2.05) is 13.0 Å². The van der Waals surface area contributed by atoms with E-state index in [1.165, 1.54) is 16.3 Å². The Morgan fingerprint density at radius 1 is 1.10 bits per heavy atom. The molecule has 0 bridgehead atoms. The van der Waals surface area contributed by atoms with Gasteiger partial charge < -0.3 is 5.32 Å². The Morgan fingerprint density at radius 3 is 2.50 bits per heavy atom. The van der Waals surface area contributed by atoms with Crippen molar-refractivity contribution in [3.63, 3.8) is 0 Å². The Balaban J connectivity index is 2.30. The Morgan fingerprint density at radius 2 is 1.80 bits per heavy atom. The molecule has 0 radical (unpaired) electrons. The number of hydrogen-bond donors (Lipinski definition) is 1. The fourth-order valence-electron chi connectivity index (χ4n) is 2.60. The highest BCUT2D eigenvalue weighted by atomic mass is 16.1. The second-order valence-corrected chi connectivity index (χ2v) is 5.54. The van der Waals surface area contributed by atoms with Crippen molar-refractivity contribution in [3.05, 3.63) is 48.0 Å². The summed E-state index contributed by atoms with van der Waals surface area (Å²) in [5, 5.41) is 5.87. The van der Waals surface area contributed by atoms with Gasteiger partial charge in [-0.05, 0) is 22.8 Å². The van der Waals surface area contributed by atoms with Crippen LogP contribution in [0.25, 0.3) is 10.8 Å². The van der Waals surface area contributed by atoms with Crippen LogP contribution in [0.1, 0.15) is 32.8 Å². The van der Waals surface area contributed by atoms with Gasteiger partial charge in [0.05, 0.1) is 6.04 Å². The maximum atomic E-state index is 12.1. The van der Waals surface area contributed by atoms with Gasteiger partial charge in [-0.3, -0.25) is 4.79 Å². The molecule has 0 spiro atoms. The van der Waals surface area contributed by atoms with Gasteiger partial charge in [-0.15, -0.1) is 0 Å². The molecule has 0 aliphatic heterocycles. The van der Waals surface area contributed by atoms with Crippen molar-refractivity contribution in [2.45, 2.75) is 45.7 Å². The van der Waals surface area contributed by atoms with Crippen LogP contribution in [0.4, 0.5) is 0 Å². The highest BCUT2D eigenvalue weighted by Gasteiger charge is 2.18. The van der Waals surface area contributed by atoms with E-state index in [0.29, 0.717) is 12.5 Å². The van der Waals surface area contributed by atoms with Crippen molar-refractivity contribution in [1.29, 1.82) is 0 Å². The molecule has 106 valence electrons. The van der Waals surface area contributed by atoms with E-state index in [9.17, 15) is 4.79 Å². The molecule has 0 aliphatic rings. The zero-order valence-corrected chi connectivity index (χ0v) is 12.5. The van der Waals surface area contributed by atoms with Gasteiger partial charge in [0.25, 0.3) is 0 Å². The monoisotopic (exact) mass is 269 g/mol. The lowest BCUT2D eigenvalue weighted by Gasteiger charge is -2.20. The molecule has 0 amide bonds. The summed E-state index contributed by atoms with van der Waals surface area (Å²) < 4.78 is 0. The van der Waals surface area contributed by atoms with Crippen LogP contribution in [-0.2, 0) is 11.2 Å². The van der Waals surface area contributed by atoms with Crippen LogP contribution in [0.5, 0.6) is 0 Å². The fourth-order valence-corrected chi connectivity index (χ4v) is 2.60. The van der Waals surface area contributed by atoms with Crippen molar-refractivity contribution < 1.29 is 4.79 Å². The van der Waals surface area contributed by atoms with Gasteiger partial charge in [-0.1, -0.05) is 63.2 Å². The minimum Gasteiger partial charge on any atom is -0.305 e. The van der Waals surface area contributed by atoms with Gasteiger partial charge in [0, 0.05) is 12.5 Å². The Bertz CT molecular complexity index is 583. The Labute approximate surface area is 121 Å². The average molecular weight is 269 g/mol. The second kappa shape index (κ2) is 6.67. The molecule has 0 heterocycles. The molecular weight excluding hydrogens is 246 g/mol. The molecule has 0 aliphatic carbocycles.